The van der Waals surface area contributed by atoms with Gasteiger partial charge in [0.25, 0.3) is 5.91 Å². The van der Waals surface area contributed by atoms with E-state index in [9.17, 15) is 14.7 Å². The molecule has 8 heteroatoms. The Morgan fingerprint density at radius 1 is 1.43 bits per heavy atom. The third kappa shape index (κ3) is 2.23. The molecule has 1 aliphatic rings. The van der Waals surface area contributed by atoms with Crippen LogP contribution in [0.2, 0.25) is 0 Å². The molecule has 21 heavy (non-hydrogen) atoms. The molecule has 2 atom stereocenters. The summed E-state index contributed by atoms with van der Waals surface area (Å²) in [5, 5.41) is 13.3. The van der Waals surface area contributed by atoms with Gasteiger partial charge in [0.15, 0.2) is 0 Å². The minimum absolute atomic E-state index is 0.254. The number of hydrogen-bond donors (Lipinski definition) is 1. The molecule has 110 valence electrons. The highest BCUT2D eigenvalue weighted by Crippen LogP contribution is 2.24. The fourth-order valence-corrected chi connectivity index (χ4v) is 2.58. The Kier molecular flexibility index (Phi) is 3.30. The van der Waals surface area contributed by atoms with Gasteiger partial charge in [0, 0.05) is 32.5 Å². The van der Waals surface area contributed by atoms with Crippen LogP contribution in [-0.4, -0.2) is 62.3 Å². The lowest BCUT2D eigenvalue weighted by Crippen LogP contribution is -2.40. The van der Waals surface area contributed by atoms with Crippen molar-refractivity contribution < 1.29 is 19.4 Å². The van der Waals surface area contributed by atoms with E-state index >= 15 is 0 Å². The molecule has 8 nitrogen and oxygen atoms in total. The Balaban J connectivity index is 1.95. The number of carbonyl (C=O) groups excluding carboxylic acids is 1. The second-order valence-electron chi connectivity index (χ2n) is 4.87. The largest absolute Gasteiger partial charge is 0.480 e. The van der Waals surface area contributed by atoms with Crippen molar-refractivity contribution >= 4 is 17.4 Å². The van der Waals surface area contributed by atoms with Crippen LogP contribution in [-0.2, 0) is 9.53 Å². The van der Waals surface area contributed by atoms with E-state index < -0.39 is 12.0 Å². The number of aliphatic carboxylic acids is 1. The van der Waals surface area contributed by atoms with Gasteiger partial charge in [-0.3, -0.25) is 9.78 Å². The van der Waals surface area contributed by atoms with Gasteiger partial charge in [-0.25, -0.2) is 9.31 Å². The molecule has 0 aliphatic carbocycles. The summed E-state index contributed by atoms with van der Waals surface area (Å²) in [4.78, 5) is 29.2. The zero-order valence-corrected chi connectivity index (χ0v) is 11.3. The predicted octanol–water partition coefficient (Wildman–Crippen LogP) is 0.0434. The first-order valence-corrected chi connectivity index (χ1v) is 6.45. The number of carboxylic acids is 1. The molecule has 0 saturated carbocycles. The van der Waals surface area contributed by atoms with Crippen molar-refractivity contribution in [1.82, 2.24) is 19.5 Å². The normalized spacial score (nSPS) is 21.9. The van der Waals surface area contributed by atoms with Gasteiger partial charge in [0.05, 0.1) is 29.6 Å². The molecule has 3 heterocycles. The van der Waals surface area contributed by atoms with Crippen LogP contribution in [0, 0.1) is 0 Å². The number of hydrogen-bond acceptors (Lipinski definition) is 5. The third-order valence-electron chi connectivity index (χ3n) is 3.70. The molecule has 0 aromatic carbocycles. The Labute approximate surface area is 119 Å². The molecule has 1 aliphatic heterocycles. The molecule has 0 bridgehead atoms. The zero-order valence-electron chi connectivity index (χ0n) is 11.3. The Bertz CT molecular complexity index is 698. The van der Waals surface area contributed by atoms with Gasteiger partial charge in [-0.1, -0.05) is 0 Å². The smallest absolute Gasteiger partial charge is 0.326 e. The number of fused-ring (bicyclic) bond motifs is 1. The number of nitrogens with zero attached hydrogens (tertiary/aromatic N) is 4. The first-order valence-electron chi connectivity index (χ1n) is 6.45. The first-order chi connectivity index (χ1) is 10.1. The van der Waals surface area contributed by atoms with Crippen molar-refractivity contribution in [1.29, 1.82) is 0 Å². The Morgan fingerprint density at radius 2 is 2.24 bits per heavy atom. The van der Waals surface area contributed by atoms with Crippen LogP contribution < -0.4 is 0 Å². The number of aromatic nitrogens is 3. The maximum Gasteiger partial charge on any atom is 0.326 e. The lowest BCUT2D eigenvalue weighted by atomic mass is 10.2. The van der Waals surface area contributed by atoms with Gasteiger partial charge < -0.3 is 14.7 Å². The van der Waals surface area contributed by atoms with E-state index in [0.29, 0.717) is 11.1 Å². The minimum Gasteiger partial charge on any atom is -0.480 e. The van der Waals surface area contributed by atoms with Crippen LogP contribution in [0.4, 0.5) is 0 Å². The highest BCUT2D eigenvalue weighted by atomic mass is 16.5. The molecule has 0 radical (unpaired) electrons. The van der Waals surface area contributed by atoms with Crippen LogP contribution >= 0.6 is 0 Å². The van der Waals surface area contributed by atoms with Crippen molar-refractivity contribution in [3.63, 3.8) is 0 Å². The van der Waals surface area contributed by atoms with Gasteiger partial charge >= 0.3 is 5.97 Å². The first kappa shape index (κ1) is 13.5. The summed E-state index contributed by atoms with van der Waals surface area (Å²) in [6, 6.07) is -0.880. The molecule has 1 fully saturated rings. The standard InChI is InChI=1S/C13H14N4O4/c1-21-8-4-10(13(19)20)16(7-8)12(18)9-5-15-17-3-2-14-6-11(9)17/h2-3,5-6,8,10H,4,7H2,1H3,(H,19,20). The number of carbonyl (C=O) groups is 2. The van der Waals surface area contributed by atoms with Crippen LogP contribution in [0.3, 0.4) is 0 Å². The van der Waals surface area contributed by atoms with Crippen molar-refractivity contribution in [2.45, 2.75) is 18.6 Å². The Morgan fingerprint density at radius 3 is 2.95 bits per heavy atom. The molecule has 1 amide bonds. The monoisotopic (exact) mass is 290 g/mol. The van der Waals surface area contributed by atoms with Crippen LogP contribution in [0.5, 0.6) is 0 Å². The Hall–Kier alpha value is -2.48. The highest BCUT2D eigenvalue weighted by Gasteiger charge is 2.40. The van der Waals surface area contributed by atoms with E-state index in [2.05, 4.69) is 10.1 Å². The molecular weight excluding hydrogens is 276 g/mol. The predicted molar refractivity (Wildman–Crippen MR) is 70.9 cm³/mol. The van der Waals surface area contributed by atoms with E-state index in [1.54, 1.807) is 12.4 Å². The number of likely N-dealkylation sites (tertiary alicyclic amines) is 1. The number of carboxylic acid groups (broad SMARTS) is 1. The average Bonchev–Trinajstić information content (AvgIpc) is 3.10. The second kappa shape index (κ2) is 5.13. The SMILES string of the molecule is COC1CC(C(=O)O)N(C(=O)c2cnn3ccncc23)C1. The van der Waals surface area contributed by atoms with Crippen molar-refractivity contribution in [2.75, 3.05) is 13.7 Å². The van der Waals surface area contributed by atoms with E-state index in [1.807, 2.05) is 0 Å². The molecule has 0 spiro atoms. The molecule has 1 N–H and O–H groups in total. The fourth-order valence-electron chi connectivity index (χ4n) is 2.58. The van der Waals surface area contributed by atoms with Crippen LogP contribution in [0.15, 0.2) is 24.8 Å². The summed E-state index contributed by atoms with van der Waals surface area (Å²) in [6.45, 7) is 0.254. The quantitative estimate of drug-likeness (QED) is 0.857. The number of rotatable bonds is 3. The molecular formula is C13H14N4O4. The lowest BCUT2D eigenvalue weighted by Gasteiger charge is -2.20. The maximum absolute atomic E-state index is 12.6. The third-order valence-corrected chi connectivity index (χ3v) is 3.70. The number of amides is 1. The molecule has 2 aromatic rings. The van der Waals surface area contributed by atoms with Crippen molar-refractivity contribution in [3.8, 4) is 0 Å². The average molecular weight is 290 g/mol. The second-order valence-corrected chi connectivity index (χ2v) is 4.87. The van der Waals surface area contributed by atoms with Gasteiger partial charge in [-0.05, 0) is 0 Å². The van der Waals surface area contributed by atoms with Gasteiger partial charge in [-0.15, -0.1) is 0 Å². The van der Waals surface area contributed by atoms with Crippen LogP contribution in [0.25, 0.3) is 5.52 Å². The van der Waals surface area contributed by atoms with Gasteiger partial charge in [-0.2, -0.15) is 5.10 Å². The topological polar surface area (TPSA) is 97.0 Å². The van der Waals surface area contributed by atoms with Crippen LogP contribution in [0.1, 0.15) is 16.8 Å². The minimum atomic E-state index is -1.03. The van der Waals surface area contributed by atoms with E-state index in [-0.39, 0.29) is 25.0 Å². The zero-order chi connectivity index (χ0) is 15.0. The summed E-state index contributed by atoms with van der Waals surface area (Å²) in [6.07, 6.45) is 6.16. The molecule has 2 aromatic heterocycles. The van der Waals surface area contributed by atoms with E-state index in [1.165, 1.54) is 28.9 Å². The van der Waals surface area contributed by atoms with Gasteiger partial charge in [0.1, 0.15) is 6.04 Å². The maximum atomic E-state index is 12.6. The summed E-state index contributed by atoms with van der Waals surface area (Å²) < 4.78 is 6.71. The molecule has 2 unspecified atom stereocenters. The molecule has 1 saturated heterocycles. The summed E-state index contributed by atoms with van der Waals surface area (Å²) in [5.41, 5.74) is 0.888. The van der Waals surface area contributed by atoms with Crippen molar-refractivity contribution in [2.24, 2.45) is 0 Å². The van der Waals surface area contributed by atoms with E-state index in [0.717, 1.165) is 0 Å². The van der Waals surface area contributed by atoms with Gasteiger partial charge in [0.2, 0.25) is 0 Å². The fraction of sp³-hybridized carbons (Fsp3) is 0.385. The summed E-state index contributed by atoms with van der Waals surface area (Å²) in [7, 11) is 1.51. The number of methoxy groups -OCH3 is 1. The molecule has 3 rings (SSSR count). The summed E-state index contributed by atoms with van der Waals surface area (Å²) >= 11 is 0. The lowest BCUT2D eigenvalue weighted by molar-refractivity contribution is -0.141. The van der Waals surface area contributed by atoms with E-state index in [4.69, 9.17) is 4.74 Å². The number of ether oxygens (including phenoxy) is 1. The highest BCUT2D eigenvalue weighted by molar-refractivity contribution is 6.02. The van der Waals surface area contributed by atoms with Crippen molar-refractivity contribution in [3.05, 3.63) is 30.4 Å². The summed E-state index contributed by atoms with van der Waals surface area (Å²) in [5.74, 6) is -1.40.